The summed E-state index contributed by atoms with van der Waals surface area (Å²) in [6, 6.07) is 1.29. The van der Waals surface area contributed by atoms with Gasteiger partial charge in [0.15, 0.2) is 0 Å². The van der Waals surface area contributed by atoms with Gasteiger partial charge in [-0.2, -0.15) is 0 Å². The molecule has 3 heterocycles. The summed E-state index contributed by atoms with van der Waals surface area (Å²) in [7, 11) is 0. The summed E-state index contributed by atoms with van der Waals surface area (Å²) >= 11 is 0. The number of hydrogen-bond donors (Lipinski definition) is 4. The fourth-order valence-corrected chi connectivity index (χ4v) is 5.32. The van der Waals surface area contributed by atoms with Gasteiger partial charge in [0, 0.05) is 18.7 Å². The van der Waals surface area contributed by atoms with E-state index < -0.39 is 0 Å². The number of hydrogen-bond acceptors (Lipinski definition) is 5. The number of rotatable bonds is 0. The fourth-order valence-electron chi connectivity index (χ4n) is 5.32. The molecule has 5 heteroatoms. The molecule has 1 aliphatic carbocycles. The van der Waals surface area contributed by atoms with E-state index in [-0.39, 0.29) is 0 Å². The summed E-state index contributed by atoms with van der Waals surface area (Å²) in [5.41, 5.74) is 7.28. The van der Waals surface area contributed by atoms with Crippen LogP contribution in [0.3, 0.4) is 0 Å². The summed E-state index contributed by atoms with van der Waals surface area (Å²) in [6.45, 7) is 5.60. The van der Waals surface area contributed by atoms with Gasteiger partial charge in [-0.3, -0.25) is 10.9 Å². The highest BCUT2D eigenvalue weighted by molar-refractivity contribution is 5.00. The molecule has 4 bridgehead atoms. The van der Waals surface area contributed by atoms with Gasteiger partial charge in [0.25, 0.3) is 0 Å². The molecular formula is C18H34N4O. The van der Waals surface area contributed by atoms with Crippen LogP contribution < -0.4 is 21.5 Å². The van der Waals surface area contributed by atoms with Gasteiger partial charge in [-0.1, -0.05) is 0 Å². The van der Waals surface area contributed by atoms with Crippen molar-refractivity contribution in [3.63, 3.8) is 0 Å². The van der Waals surface area contributed by atoms with E-state index in [1.165, 1.54) is 58.2 Å². The lowest BCUT2D eigenvalue weighted by Gasteiger charge is -2.39. The number of piperidine rings is 1. The van der Waals surface area contributed by atoms with Crippen molar-refractivity contribution in [2.45, 2.75) is 63.1 Å². The van der Waals surface area contributed by atoms with E-state index >= 15 is 0 Å². The maximum atomic E-state index is 6.21. The summed E-state index contributed by atoms with van der Waals surface area (Å²) in [4.78, 5) is 0. The predicted octanol–water partition coefficient (Wildman–Crippen LogP) is 1.02. The molecule has 0 aromatic rings. The molecule has 0 aromatic heterocycles. The van der Waals surface area contributed by atoms with Crippen LogP contribution in [0.5, 0.6) is 0 Å². The lowest BCUT2D eigenvalue weighted by molar-refractivity contribution is 0.00376. The van der Waals surface area contributed by atoms with Gasteiger partial charge in [0.2, 0.25) is 0 Å². The molecule has 3 aliphatic heterocycles. The van der Waals surface area contributed by atoms with Crippen molar-refractivity contribution in [3.8, 4) is 0 Å². The van der Waals surface area contributed by atoms with Crippen molar-refractivity contribution in [2.75, 3.05) is 32.8 Å². The molecule has 0 spiro atoms. The standard InChI is InChI=1S/C18H34N4O/c1-3-13-9-14(12-20-11-13)18-16-10-15(4-5-17(16)21-22-18)23-8-2-7-19-6-1/h13-22H,1-12H2. The second-order valence-corrected chi connectivity index (χ2v) is 8.16. The van der Waals surface area contributed by atoms with Crippen LogP contribution in [0.4, 0.5) is 0 Å². The normalized spacial score (nSPS) is 45.9. The number of hydrazine groups is 1. The van der Waals surface area contributed by atoms with E-state index in [2.05, 4.69) is 21.5 Å². The van der Waals surface area contributed by atoms with E-state index in [9.17, 15) is 0 Å². The quantitative estimate of drug-likeness (QED) is 0.536. The maximum Gasteiger partial charge on any atom is 0.0579 e. The van der Waals surface area contributed by atoms with Crippen LogP contribution in [0, 0.1) is 17.8 Å². The first-order valence-electron chi connectivity index (χ1n) is 9.94. The zero-order chi connectivity index (χ0) is 15.5. The highest BCUT2D eigenvalue weighted by Gasteiger charge is 2.44. The molecule has 1 saturated carbocycles. The Hall–Kier alpha value is -0.200. The molecule has 0 radical (unpaired) electrons. The molecule has 6 unspecified atom stereocenters. The highest BCUT2D eigenvalue weighted by Crippen LogP contribution is 2.37. The largest absolute Gasteiger partial charge is 0.378 e. The topological polar surface area (TPSA) is 57.3 Å². The monoisotopic (exact) mass is 322 g/mol. The van der Waals surface area contributed by atoms with Gasteiger partial charge in [0.1, 0.15) is 0 Å². The van der Waals surface area contributed by atoms with Crippen molar-refractivity contribution in [2.24, 2.45) is 17.8 Å². The van der Waals surface area contributed by atoms with Gasteiger partial charge in [-0.25, -0.2) is 0 Å². The van der Waals surface area contributed by atoms with Crippen LogP contribution in [0.2, 0.25) is 0 Å². The molecule has 0 amide bonds. The summed E-state index contributed by atoms with van der Waals surface area (Å²) in [5, 5.41) is 7.30. The fraction of sp³-hybridized carbons (Fsp3) is 1.00. The number of nitrogens with one attached hydrogen (secondary N) is 4. The first-order chi connectivity index (χ1) is 11.4. The van der Waals surface area contributed by atoms with Crippen LogP contribution in [-0.2, 0) is 4.74 Å². The minimum atomic E-state index is 0.484. The predicted molar refractivity (Wildman–Crippen MR) is 92.1 cm³/mol. The third-order valence-corrected chi connectivity index (χ3v) is 6.55. The average Bonchev–Trinajstić information content (AvgIpc) is 3.00. The Kier molecular flexibility index (Phi) is 5.51. The first-order valence-corrected chi connectivity index (χ1v) is 9.94. The second-order valence-electron chi connectivity index (χ2n) is 8.16. The molecule has 23 heavy (non-hydrogen) atoms. The molecule has 5 nitrogen and oxygen atoms in total. The molecule has 4 N–H and O–H groups in total. The van der Waals surface area contributed by atoms with Gasteiger partial charge in [-0.15, -0.1) is 0 Å². The third kappa shape index (κ3) is 3.90. The lowest BCUT2D eigenvalue weighted by Crippen LogP contribution is -2.48. The average molecular weight is 322 g/mol. The van der Waals surface area contributed by atoms with Crippen LogP contribution in [0.25, 0.3) is 0 Å². The van der Waals surface area contributed by atoms with Crippen molar-refractivity contribution in [1.29, 1.82) is 0 Å². The molecule has 0 aromatic carbocycles. The molecule has 132 valence electrons. The Morgan fingerprint density at radius 2 is 1.78 bits per heavy atom. The van der Waals surface area contributed by atoms with Gasteiger partial charge < -0.3 is 15.4 Å². The molecular weight excluding hydrogens is 288 g/mol. The van der Waals surface area contributed by atoms with E-state index in [4.69, 9.17) is 4.74 Å². The summed E-state index contributed by atoms with van der Waals surface area (Å²) < 4.78 is 6.21. The number of ether oxygens (including phenoxy) is 1. The van der Waals surface area contributed by atoms with Crippen molar-refractivity contribution < 1.29 is 4.74 Å². The Bertz CT molecular complexity index is 380. The molecule has 3 saturated heterocycles. The summed E-state index contributed by atoms with van der Waals surface area (Å²) in [5.74, 6) is 2.38. The second kappa shape index (κ2) is 7.79. The zero-order valence-electron chi connectivity index (χ0n) is 14.4. The Balaban J connectivity index is 1.45. The van der Waals surface area contributed by atoms with E-state index in [1.54, 1.807) is 0 Å². The molecule has 4 fully saturated rings. The van der Waals surface area contributed by atoms with Gasteiger partial charge in [-0.05, 0) is 88.9 Å². The number of fused-ring (bicyclic) bond motifs is 4. The molecule has 4 rings (SSSR count). The SMILES string of the molecule is C1CNCCCC2CNCC(C2)C2NNC3CCC(CC32)OC1. The van der Waals surface area contributed by atoms with Crippen molar-refractivity contribution in [1.82, 2.24) is 21.5 Å². The van der Waals surface area contributed by atoms with E-state index in [1.807, 2.05) is 0 Å². The van der Waals surface area contributed by atoms with Crippen molar-refractivity contribution >= 4 is 0 Å². The van der Waals surface area contributed by atoms with E-state index in [0.29, 0.717) is 18.2 Å². The molecule has 4 aliphatic rings. The van der Waals surface area contributed by atoms with E-state index in [0.717, 1.165) is 37.3 Å². The Labute approximate surface area is 140 Å². The van der Waals surface area contributed by atoms with Crippen LogP contribution >= 0.6 is 0 Å². The molecule has 6 atom stereocenters. The lowest BCUT2D eigenvalue weighted by atomic mass is 9.73. The van der Waals surface area contributed by atoms with Crippen LogP contribution in [0.1, 0.15) is 44.9 Å². The zero-order valence-corrected chi connectivity index (χ0v) is 14.4. The first kappa shape index (κ1) is 16.3. The van der Waals surface area contributed by atoms with Crippen LogP contribution in [-0.4, -0.2) is 51.0 Å². The Morgan fingerprint density at radius 3 is 2.78 bits per heavy atom. The Morgan fingerprint density at radius 1 is 0.826 bits per heavy atom. The van der Waals surface area contributed by atoms with Gasteiger partial charge >= 0.3 is 0 Å². The van der Waals surface area contributed by atoms with Crippen LogP contribution in [0.15, 0.2) is 0 Å². The van der Waals surface area contributed by atoms with Gasteiger partial charge in [0.05, 0.1) is 6.10 Å². The minimum Gasteiger partial charge on any atom is -0.378 e. The van der Waals surface area contributed by atoms with Crippen molar-refractivity contribution in [3.05, 3.63) is 0 Å². The minimum absolute atomic E-state index is 0.484. The smallest absolute Gasteiger partial charge is 0.0579 e. The third-order valence-electron chi connectivity index (χ3n) is 6.55. The summed E-state index contributed by atoms with van der Waals surface area (Å²) in [6.07, 6.45) is 9.43. The highest BCUT2D eigenvalue weighted by atomic mass is 16.5. The maximum absolute atomic E-state index is 6.21.